The van der Waals surface area contributed by atoms with Gasteiger partial charge in [-0.3, -0.25) is 9.59 Å². The summed E-state index contributed by atoms with van der Waals surface area (Å²) in [5.41, 5.74) is 11.0. The number of ether oxygens (including phenoxy) is 2. The van der Waals surface area contributed by atoms with Gasteiger partial charge in [-0.1, -0.05) is 37.3 Å². The minimum atomic E-state index is 0.0703. The molecule has 1 fully saturated rings. The third-order valence-corrected chi connectivity index (χ3v) is 7.18. The van der Waals surface area contributed by atoms with Crippen molar-refractivity contribution in [3.63, 3.8) is 0 Å². The summed E-state index contributed by atoms with van der Waals surface area (Å²) in [6.07, 6.45) is 4.10. The Balaban J connectivity index is 1.52. The average Bonchev–Trinajstić information content (AvgIpc) is 3.29. The SMILES string of the molecule is CCC(=O)COc1ccc(CN)cc1C1CCN(C(=O)c2cn(CCOC)c3c(C)cccc23)CC1. The van der Waals surface area contributed by atoms with Crippen molar-refractivity contribution in [3.8, 4) is 5.75 Å². The number of para-hydroxylation sites is 1. The molecule has 2 heterocycles. The predicted octanol–water partition coefficient (Wildman–Crippen LogP) is 4.43. The van der Waals surface area contributed by atoms with Crippen molar-refractivity contribution < 1.29 is 19.1 Å². The van der Waals surface area contributed by atoms with Gasteiger partial charge in [-0.25, -0.2) is 0 Å². The monoisotopic (exact) mass is 491 g/mol. The molecule has 1 aromatic heterocycles. The Morgan fingerprint density at radius 2 is 1.92 bits per heavy atom. The second-order valence-corrected chi connectivity index (χ2v) is 9.52. The number of hydrogen-bond donors (Lipinski definition) is 1. The quantitative estimate of drug-likeness (QED) is 0.453. The summed E-state index contributed by atoms with van der Waals surface area (Å²) < 4.78 is 13.3. The first-order valence-electron chi connectivity index (χ1n) is 12.8. The average molecular weight is 492 g/mol. The van der Waals surface area contributed by atoms with E-state index in [0.717, 1.165) is 51.7 Å². The van der Waals surface area contributed by atoms with E-state index in [9.17, 15) is 9.59 Å². The molecule has 2 N–H and O–H groups in total. The Hall–Kier alpha value is -3.16. The summed E-state index contributed by atoms with van der Waals surface area (Å²) in [5, 5.41) is 0.991. The Morgan fingerprint density at radius 3 is 2.61 bits per heavy atom. The van der Waals surface area contributed by atoms with Crippen molar-refractivity contribution in [2.24, 2.45) is 5.73 Å². The molecule has 0 saturated carbocycles. The zero-order chi connectivity index (χ0) is 25.7. The van der Waals surface area contributed by atoms with Crippen LogP contribution in [0.2, 0.25) is 0 Å². The van der Waals surface area contributed by atoms with Gasteiger partial charge in [0.1, 0.15) is 12.4 Å². The predicted molar refractivity (Wildman–Crippen MR) is 142 cm³/mol. The minimum absolute atomic E-state index is 0.0703. The van der Waals surface area contributed by atoms with E-state index in [1.54, 1.807) is 7.11 Å². The molecule has 1 saturated heterocycles. The number of fused-ring (bicyclic) bond motifs is 1. The van der Waals surface area contributed by atoms with Crippen molar-refractivity contribution in [3.05, 3.63) is 64.8 Å². The first-order chi connectivity index (χ1) is 17.5. The number of methoxy groups -OCH3 is 1. The van der Waals surface area contributed by atoms with Crippen LogP contribution in [0.25, 0.3) is 10.9 Å². The number of nitrogens with two attached hydrogens (primary N) is 1. The van der Waals surface area contributed by atoms with Crippen molar-refractivity contribution in [1.82, 2.24) is 9.47 Å². The van der Waals surface area contributed by atoms with E-state index in [1.165, 1.54) is 0 Å². The number of ketones is 1. The molecule has 3 aromatic rings. The highest BCUT2D eigenvalue weighted by Gasteiger charge is 2.28. The lowest BCUT2D eigenvalue weighted by Gasteiger charge is -2.33. The van der Waals surface area contributed by atoms with Crippen LogP contribution in [0.3, 0.4) is 0 Å². The molecule has 7 nitrogen and oxygen atoms in total. The van der Waals surface area contributed by atoms with E-state index in [2.05, 4.69) is 23.6 Å². The summed E-state index contributed by atoms with van der Waals surface area (Å²) in [4.78, 5) is 27.4. The zero-order valence-electron chi connectivity index (χ0n) is 21.6. The van der Waals surface area contributed by atoms with Gasteiger partial charge in [-0.05, 0) is 48.4 Å². The van der Waals surface area contributed by atoms with Crippen LogP contribution in [0.5, 0.6) is 5.75 Å². The molecule has 4 rings (SSSR count). The zero-order valence-corrected chi connectivity index (χ0v) is 21.6. The summed E-state index contributed by atoms with van der Waals surface area (Å²) in [6, 6.07) is 12.1. The number of nitrogens with zero attached hydrogens (tertiary/aromatic N) is 2. The number of benzene rings is 2. The van der Waals surface area contributed by atoms with Crippen LogP contribution in [-0.4, -0.2) is 54.6 Å². The number of aromatic nitrogens is 1. The lowest BCUT2D eigenvalue weighted by Crippen LogP contribution is -2.38. The van der Waals surface area contributed by atoms with Crippen LogP contribution in [0.1, 0.15) is 59.2 Å². The molecule has 1 amide bonds. The molecule has 0 aliphatic carbocycles. The van der Waals surface area contributed by atoms with Crippen molar-refractivity contribution in [2.75, 3.05) is 33.4 Å². The van der Waals surface area contributed by atoms with Gasteiger partial charge in [-0.15, -0.1) is 0 Å². The van der Waals surface area contributed by atoms with Gasteiger partial charge in [0.15, 0.2) is 5.78 Å². The highest BCUT2D eigenvalue weighted by atomic mass is 16.5. The molecule has 1 aliphatic heterocycles. The number of Topliss-reactive ketones (excluding diaryl/α,β-unsaturated/α-hetero) is 1. The fraction of sp³-hybridized carbons (Fsp3) is 0.448. The smallest absolute Gasteiger partial charge is 0.256 e. The van der Waals surface area contributed by atoms with E-state index < -0.39 is 0 Å². The van der Waals surface area contributed by atoms with Crippen molar-refractivity contribution in [2.45, 2.75) is 52.1 Å². The molecule has 0 bridgehead atoms. The second kappa shape index (κ2) is 11.7. The lowest BCUT2D eigenvalue weighted by molar-refractivity contribution is -0.120. The largest absolute Gasteiger partial charge is 0.486 e. The molecule has 36 heavy (non-hydrogen) atoms. The third-order valence-electron chi connectivity index (χ3n) is 7.18. The number of likely N-dealkylation sites (tertiary alicyclic amines) is 1. The number of aryl methyl sites for hydroxylation is 1. The molecule has 0 unspecified atom stereocenters. The Bertz CT molecular complexity index is 1220. The van der Waals surface area contributed by atoms with Gasteiger partial charge in [0, 0.05) is 51.3 Å². The van der Waals surface area contributed by atoms with E-state index in [1.807, 2.05) is 42.3 Å². The number of rotatable bonds is 10. The van der Waals surface area contributed by atoms with Gasteiger partial charge in [0.2, 0.25) is 0 Å². The number of carbonyl (C=O) groups is 2. The van der Waals surface area contributed by atoms with E-state index >= 15 is 0 Å². The lowest BCUT2D eigenvalue weighted by atomic mass is 9.87. The first-order valence-corrected chi connectivity index (χ1v) is 12.8. The van der Waals surface area contributed by atoms with E-state index in [-0.39, 0.29) is 24.2 Å². The highest BCUT2D eigenvalue weighted by Crippen LogP contribution is 2.36. The minimum Gasteiger partial charge on any atom is -0.486 e. The standard InChI is InChI=1S/C29H37N3O4/c1-4-23(33)19-36-27-9-8-21(17-30)16-25(27)22-10-12-31(13-11-22)29(34)26-18-32(14-15-35-3)28-20(2)6-5-7-24(26)28/h5-9,16,18,22H,4,10-15,17,19,30H2,1-3H3. The molecule has 0 radical (unpaired) electrons. The van der Waals surface area contributed by atoms with Crippen LogP contribution in [0.4, 0.5) is 0 Å². The molecular formula is C29H37N3O4. The van der Waals surface area contributed by atoms with E-state index in [0.29, 0.717) is 39.2 Å². The van der Waals surface area contributed by atoms with Gasteiger partial charge >= 0.3 is 0 Å². The van der Waals surface area contributed by atoms with Crippen LogP contribution < -0.4 is 10.5 Å². The Kier molecular flexibility index (Phi) is 8.44. The summed E-state index contributed by atoms with van der Waals surface area (Å²) in [5.74, 6) is 1.14. The molecular weight excluding hydrogens is 454 g/mol. The topological polar surface area (TPSA) is 86.8 Å². The number of piperidine rings is 1. The third kappa shape index (κ3) is 5.47. The molecule has 0 atom stereocenters. The number of carbonyl (C=O) groups excluding carboxylic acids is 2. The molecule has 0 spiro atoms. The van der Waals surface area contributed by atoms with Gasteiger partial charge in [0.25, 0.3) is 5.91 Å². The summed E-state index contributed by atoms with van der Waals surface area (Å²) >= 11 is 0. The fourth-order valence-corrected chi connectivity index (χ4v) is 5.08. The van der Waals surface area contributed by atoms with Crippen LogP contribution in [0.15, 0.2) is 42.6 Å². The fourth-order valence-electron chi connectivity index (χ4n) is 5.08. The molecule has 1 aliphatic rings. The maximum Gasteiger partial charge on any atom is 0.256 e. The van der Waals surface area contributed by atoms with Gasteiger partial charge in [-0.2, -0.15) is 0 Å². The molecule has 192 valence electrons. The highest BCUT2D eigenvalue weighted by molar-refractivity contribution is 6.07. The van der Waals surface area contributed by atoms with Gasteiger partial charge in [0.05, 0.1) is 17.7 Å². The van der Waals surface area contributed by atoms with Gasteiger partial charge < -0.3 is 24.7 Å². The molecule has 2 aromatic carbocycles. The second-order valence-electron chi connectivity index (χ2n) is 9.52. The van der Waals surface area contributed by atoms with Crippen LogP contribution in [0, 0.1) is 6.92 Å². The number of hydrogen-bond acceptors (Lipinski definition) is 5. The Labute approximate surface area is 213 Å². The maximum atomic E-state index is 13.6. The first kappa shape index (κ1) is 25.9. The Morgan fingerprint density at radius 1 is 1.14 bits per heavy atom. The number of amides is 1. The normalized spacial score (nSPS) is 14.4. The summed E-state index contributed by atoms with van der Waals surface area (Å²) in [6.45, 7) is 7.07. The van der Waals surface area contributed by atoms with Crippen molar-refractivity contribution in [1.29, 1.82) is 0 Å². The summed E-state index contributed by atoms with van der Waals surface area (Å²) in [7, 11) is 1.69. The van der Waals surface area contributed by atoms with Crippen LogP contribution in [-0.2, 0) is 22.6 Å². The van der Waals surface area contributed by atoms with Crippen LogP contribution >= 0.6 is 0 Å². The molecule has 7 heteroatoms. The van der Waals surface area contributed by atoms with Crippen molar-refractivity contribution >= 4 is 22.6 Å². The van der Waals surface area contributed by atoms with E-state index in [4.69, 9.17) is 15.2 Å². The maximum absolute atomic E-state index is 13.6.